The Labute approximate surface area is 195 Å². The van der Waals surface area contributed by atoms with E-state index >= 15 is 0 Å². The van der Waals surface area contributed by atoms with Crippen molar-refractivity contribution < 1.29 is 14.4 Å². The molecule has 0 spiro atoms. The molecule has 172 valence electrons. The summed E-state index contributed by atoms with van der Waals surface area (Å²) in [6, 6.07) is 3.45. The number of hydrogen-bond donors (Lipinski definition) is 2. The molecule has 0 saturated heterocycles. The molecular weight excluding hydrogens is 440 g/mol. The summed E-state index contributed by atoms with van der Waals surface area (Å²) in [5.74, 6) is 0.116. The second kappa shape index (κ2) is 10.0. The second-order valence-electron chi connectivity index (χ2n) is 7.93. The van der Waals surface area contributed by atoms with Crippen LogP contribution in [0.4, 0.5) is 10.9 Å². The van der Waals surface area contributed by atoms with Gasteiger partial charge in [0.25, 0.3) is 0 Å². The van der Waals surface area contributed by atoms with Crippen molar-refractivity contribution in [1.29, 1.82) is 0 Å². The number of Topliss-reactive ketones (excluding diaryl/α,β-unsaturated/α-hetero) is 2. The van der Waals surface area contributed by atoms with Crippen LogP contribution in [0.3, 0.4) is 0 Å². The Kier molecular flexibility index (Phi) is 6.93. The van der Waals surface area contributed by atoms with Gasteiger partial charge in [0, 0.05) is 50.6 Å². The maximum Gasteiger partial charge on any atom is 0.226 e. The molecule has 0 bridgehead atoms. The summed E-state index contributed by atoms with van der Waals surface area (Å²) in [7, 11) is 1.88. The van der Waals surface area contributed by atoms with E-state index in [-0.39, 0.29) is 23.9 Å². The van der Waals surface area contributed by atoms with Gasteiger partial charge in [-0.15, -0.1) is 0 Å². The number of ketones is 2. The highest BCUT2D eigenvalue weighted by atomic mass is 32.1. The summed E-state index contributed by atoms with van der Waals surface area (Å²) in [6.45, 7) is 2.70. The van der Waals surface area contributed by atoms with Gasteiger partial charge in [0.2, 0.25) is 5.91 Å². The molecule has 3 aromatic heterocycles. The molecule has 0 aliphatic heterocycles. The van der Waals surface area contributed by atoms with Crippen LogP contribution in [-0.4, -0.2) is 43.5 Å². The van der Waals surface area contributed by atoms with E-state index in [0.29, 0.717) is 52.8 Å². The predicted octanol–water partition coefficient (Wildman–Crippen LogP) is 3.29. The maximum atomic E-state index is 13.2. The number of carbonyl (C=O) groups excluding carboxylic acids is 3. The number of nitrogens with zero attached hydrogens (tertiary/aromatic N) is 4. The van der Waals surface area contributed by atoms with Crippen molar-refractivity contribution in [3.05, 3.63) is 52.7 Å². The number of thiazole rings is 1. The molecule has 4 rings (SSSR count). The number of rotatable bonds is 8. The zero-order valence-electron chi connectivity index (χ0n) is 18.6. The smallest absolute Gasteiger partial charge is 0.226 e. The van der Waals surface area contributed by atoms with Gasteiger partial charge in [-0.2, -0.15) is 0 Å². The van der Waals surface area contributed by atoms with Gasteiger partial charge in [0.1, 0.15) is 11.6 Å². The number of anilines is 2. The summed E-state index contributed by atoms with van der Waals surface area (Å²) in [5.41, 5.74) is 1.08. The standard InChI is InChI=1S/C23H26N6O3S/c1-3-24-17-8-7-14(13-26-17)20(31)15-5-4-6-16-22(21(15)32)33-23(27-16)28-19(30)10-9-18-25-11-12-29(18)2/h7-8,11-13,15H,3-6,9-10H2,1-2H3,(H,24,26)(H,27,28,30). The van der Waals surface area contributed by atoms with E-state index in [2.05, 4.69) is 25.6 Å². The van der Waals surface area contributed by atoms with Crippen molar-refractivity contribution >= 4 is 39.8 Å². The van der Waals surface area contributed by atoms with E-state index < -0.39 is 5.92 Å². The lowest BCUT2D eigenvalue weighted by Crippen LogP contribution is -2.23. The first-order valence-corrected chi connectivity index (χ1v) is 11.8. The largest absolute Gasteiger partial charge is 0.370 e. The van der Waals surface area contributed by atoms with Crippen molar-refractivity contribution in [2.45, 2.75) is 39.0 Å². The van der Waals surface area contributed by atoms with Gasteiger partial charge in [-0.05, 0) is 38.3 Å². The van der Waals surface area contributed by atoms with Gasteiger partial charge in [0.15, 0.2) is 16.7 Å². The minimum absolute atomic E-state index is 0.186. The third-order valence-corrected chi connectivity index (χ3v) is 6.64. The van der Waals surface area contributed by atoms with E-state index in [4.69, 9.17) is 0 Å². The molecule has 2 N–H and O–H groups in total. The van der Waals surface area contributed by atoms with Crippen LogP contribution in [0.5, 0.6) is 0 Å². The van der Waals surface area contributed by atoms with Gasteiger partial charge in [-0.3, -0.25) is 14.4 Å². The molecule has 0 radical (unpaired) electrons. The third kappa shape index (κ3) is 5.16. The summed E-state index contributed by atoms with van der Waals surface area (Å²) in [5, 5.41) is 6.27. The van der Waals surface area contributed by atoms with Crippen LogP contribution < -0.4 is 10.6 Å². The van der Waals surface area contributed by atoms with Crippen molar-refractivity contribution in [2.24, 2.45) is 13.0 Å². The zero-order chi connectivity index (χ0) is 23.4. The monoisotopic (exact) mass is 466 g/mol. The Morgan fingerprint density at radius 1 is 1.27 bits per heavy atom. The normalized spacial score (nSPS) is 15.6. The van der Waals surface area contributed by atoms with Crippen LogP contribution in [0.1, 0.15) is 57.7 Å². The van der Waals surface area contributed by atoms with E-state index in [0.717, 1.165) is 23.7 Å². The Hall–Kier alpha value is -3.40. The van der Waals surface area contributed by atoms with Crippen LogP contribution in [0.2, 0.25) is 0 Å². The zero-order valence-corrected chi connectivity index (χ0v) is 19.4. The van der Waals surface area contributed by atoms with Crippen LogP contribution in [0.25, 0.3) is 0 Å². The topological polar surface area (TPSA) is 119 Å². The van der Waals surface area contributed by atoms with Crippen molar-refractivity contribution in [3.63, 3.8) is 0 Å². The highest BCUT2D eigenvalue weighted by Gasteiger charge is 2.34. The fourth-order valence-electron chi connectivity index (χ4n) is 3.85. The lowest BCUT2D eigenvalue weighted by atomic mass is 9.91. The summed E-state index contributed by atoms with van der Waals surface area (Å²) in [4.78, 5) is 52.1. The molecule has 0 aromatic carbocycles. The number of fused-ring (bicyclic) bond motifs is 1. The Bertz CT molecular complexity index is 1170. The van der Waals surface area contributed by atoms with Gasteiger partial charge in [-0.25, -0.2) is 15.0 Å². The second-order valence-corrected chi connectivity index (χ2v) is 8.93. The molecular formula is C23H26N6O3S. The SMILES string of the molecule is CCNc1ccc(C(=O)C2CCCc3nc(NC(=O)CCc4nccn4C)sc3C2=O)cn1. The fourth-order valence-corrected chi connectivity index (χ4v) is 4.87. The number of aromatic nitrogens is 4. The molecule has 0 fully saturated rings. The van der Waals surface area contributed by atoms with E-state index in [1.165, 1.54) is 6.20 Å². The molecule has 33 heavy (non-hydrogen) atoms. The highest BCUT2D eigenvalue weighted by Crippen LogP contribution is 2.33. The lowest BCUT2D eigenvalue weighted by molar-refractivity contribution is -0.116. The molecule has 3 aromatic rings. The average Bonchev–Trinajstić information content (AvgIpc) is 3.37. The number of hydrogen-bond acceptors (Lipinski definition) is 8. The van der Waals surface area contributed by atoms with Crippen LogP contribution >= 0.6 is 11.3 Å². The van der Waals surface area contributed by atoms with Crippen molar-refractivity contribution in [1.82, 2.24) is 19.5 Å². The van der Waals surface area contributed by atoms with Gasteiger partial charge < -0.3 is 15.2 Å². The number of amides is 1. The summed E-state index contributed by atoms with van der Waals surface area (Å²) < 4.78 is 1.87. The molecule has 3 heterocycles. The minimum Gasteiger partial charge on any atom is -0.370 e. The molecule has 1 atom stereocenters. The van der Waals surface area contributed by atoms with Crippen molar-refractivity contribution in [3.8, 4) is 0 Å². The van der Waals surface area contributed by atoms with E-state index in [1.807, 2.05) is 24.7 Å². The quantitative estimate of drug-likeness (QED) is 0.297. The maximum absolute atomic E-state index is 13.2. The molecule has 9 nitrogen and oxygen atoms in total. The molecule has 0 saturated carbocycles. The van der Waals surface area contributed by atoms with Crippen LogP contribution in [-0.2, 0) is 24.7 Å². The number of aryl methyl sites for hydroxylation is 3. The van der Waals surface area contributed by atoms with E-state index in [9.17, 15) is 14.4 Å². The van der Waals surface area contributed by atoms with Crippen molar-refractivity contribution in [2.75, 3.05) is 17.2 Å². The first-order chi connectivity index (χ1) is 16.0. The van der Waals surface area contributed by atoms with Crippen LogP contribution in [0.15, 0.2) is 30.7 Å². The number of pyridine rings is 1. The molecule has 1 amide bonds. The number of imidazole rings is 1. The van der Waals surface area contributed by atoms with Gasteiger partial charge in [-0.1, -0.05) is 11.3 Å². The molecule has 1 unspecified atom stereocenters. The summed E-state index contributed by atoms with van der Waals surface area (Å²) in [6.07, 6.45) is 7.56. The first-order valence-electron chi connectivity index (χ1n) is 11.0. The minimum atomic E-state index is -0.759. The molecule has 10 heteroatoms. The first kappa shape index (κ1) is 22.8. The lowest BCUT2D eigenvalue weighted by Gasteiger charge is -2.12. The molecule has 1 aliphatic rings. The average molecular weight is 467 g/mol. The highest BCUT2D eigenvalue weighted by molar-refractivity contribution is 7.17. The number of nitrogens with one attached hydrogen (secondary N) is 2. The Morgan fingerprint density at radius 3 is 2.82 bits per heavy atom. The number of carbonyl (C=O) groups is 3. The summed E-state index contributed by atoms with van der Waals surface area (Å²) >= 11 is 1.15. The van der Waals surface area contributed by atoms with Gasteiger partial charge in [0.05, 0.1) is 16.5 Å². The molecule has 1 aliphatic carbocycles. The predicted molar refractivity (Wildman–Crippen MR) is 126 cm³/mol. The van der Waals surface area contributed by atoms with E-state index in [1.54, 1.807) is 18.3 Å². The Balaban J connectivity index is 1.44. The Morgan fingerprint density at radius 2 is 2.12 bits per heavy atom. The fraction of sp³-hybridized carbons (Fsp3) is 0.391. The third-order valence-electron chi connectivity index (χ3n) is 5.61. The van der Waals surface area contributed by atoms with Gasteiger partial charge >= 0.3 is 0 Å². The van der Waals surface area contributed by atoms with Crippen LogP contribution in [0, 0.1) is 5.92 Å².